The highest BCUT2D eigenvalue weighted by Crippen LogP contribution is 1.95. The molecule has 0 amide bonds. The number of hydrogen-bond acceptors (Lipinski definition) is 4. The van der Waals surface area contributed by atoms with E-state index >= 15 is 0 Å². The highest BCUT2D eigenvalue weighted by atomic mass is 32.2. The molecule has 7 nitrogen and oxygen atoms in total. The molecule has 0 aliphatic rings. The summed E-state index contributed by atoms with van der Waals surface area (Å²) >= 11 is 0. The van der Waals surface area contributed by atoms with Gasteiger partial charge in [0.15, 0.2) is 5.75 Å². The third kappa shape index (κ3) is 3.99. The molecule has 0 spiro atoms. The van der Waals surface area contributed by atoms with Crippen LogP contribution in [0.1, 0.15) is 5.82 Å². The Morgan fingerprint density at radius 3 is 2.81 bits per heavy atom. The van der Waals surface area contributed by atoms with Gasteiger partial charge in [-0.05, 0) is 0 Å². The number of sulfonamides is 1. The lowest BCUT2D eigenvalue weighted by atomic mass is 10.4. The summed E-state index contributed by atoms with van der Waals surface area (Å²) in [6.07, 6.45) is 3.78. The Kier molecular flexibility index (Phi) is 4.02. The van der Waals surface area contributed by atoms with Crippen molar-refractivity contribution >= 4 is 16.0 Å². The Labute approximate surface area is 93.2 Å². The number of aliphatic carboxylic acids is 1. The van der Waals surface area contributed by atoms with Crippen molar-refractivity contribution in [2.45, 2.75) is 6.42 Å². The fourth-order valence-corrected chi connectivity index (χ4v) is 2.01. The highest BCUT2D eigenvalue weighted by molar-refractivity contribution is 7.90. The van der Waals surface area contributed by atoms with Gasteiger partial charge in [-0.25, -0.2) is 18.1 Å². The summed E-state index contributed by atoms with van der Waals surface area (Å²) in [5.41, 5.74) is 0. The second-order valence-electron chi connectivity index (χ2n) is 3.25. The Balaban J connectivity index is 2.42. The molecule has 0 radical (unpaired) electrons. The van der Waals surface area contributed by atoms with Crippen LogP contribution < -0.4 is 4.72 Å². The summed E-state index contributed by atoms with van der Waals surface area (Å²) in [7, 11) is -1.93. The average Bonchev–Trinajstić information content (AvgIpc) is 2.49. The molecule has 0 fully saturated rings. The minimum Gasteiger partial charge on any atom is -0.480 e. The molecule has 2 N–H and O–H groups in total. The van der Waals surface area contributed by atoms with Crippen molar-refractivity contribution in [3.8, 4) is 0 Å². The molecule has 0 atom stereocenters. The van der Waals surface area contributed by atoms with Gasteiger partial charge in [0, 0.05) is 32.4 Å². The number of nitrogens with zero attached hydrogens (tertiary/aromatic N) is 2. The van der Waals surface area contributed by atoms with Crippen LogP contribution in [-0.4, -0.2) is 41.3 Å². The van der Waals surface area contributed by atoms with Crippen LogP contribution >= 0.6 is 0 Å². The average molecular weight is 247 g/mol. The quantitative estimate of drug-likeness (QED) is 0.669. The van der Waals surface area contributed by atoms with Crippen LogP contribution in [0.25, 0.3) is 0 Å². The van der Waals surface area contributed by atoms with Gasteiger partial charge >= 0.3 is 5.97 Å². The molecule has 90 valence electrons. The maximum atomic E-state index is 11.1. The predicted molar refractivity (Wildman–Crippen MR) is 56.3 cm³/mol. The van der Waals surface area contributed by atoms with Crippen LogP contribution in [0.15, 0.2) is 12.4 Å². The van der Waals surface area contributed by atoms with Crippen molar-refractivity contribution < 1.29 is 18.3 Å². The zero-order valence-corrected chi connectivity index (χ0v) is 9.57. The first-order chi connectivity index (χ1) is 7.41. The van der Waals surface area contributed by atoms with Crippen molar-refractivity contribution in [2.75, 3.05) is 12.3 Å². The van der Waals surface area contributed by atoms with E-state index in [-0.39, 0.29) is 6.54 Å². The number of carboxylic acids is 1. The van der Waals surface area contributed by atoms with Crippen molar-refractivity contribution in [1.82, 2.24) is 14.3 Å². The van der Waals surface area contributed by atoms with Gasteiger partial charge in [0.05, 0.1) is 0 Å². The summed E-state index contributed by atoms with van der Waals surface area (Å²) in [6.45, 7) is 0.139. The van der Waals surface area contributed by atoms with E-state index < -0.39 is 21.7 Å². The molecule has 1 rings (SSSR count). The van der Waals surface area contributed by atoms with Crippen LogP contribution in [0.2, 0.25) is 0 Å². The number of imidazole rings is 1. The molecule has 0 aliphatic heterocycles. The minimum absolute atomic E-state index is 0.139. The standard InChI is InChI=1S/C8H13N3O4S/c1-11-5-4-9-7(11)2-3-10-16(14,15)6-8(12)13/h4-5,10H,2-3,6H2,1H3,(H,12,13). The lowest BCUT2D eigenvalue weighted by Crippen LogP contribution is -2.31. The van der Waals surface area contributed by atoms with Gasteiger partial charge in [-0.15, -0.1) is 0 Å². The van der Waals surface area contributed by atoms with Gasteiger partial charge in [-0.2, -0.15) is 0 Å². The van der Waals surface area contributed by atoms with Gasteiger partial charge in [0.2, 0.25) is 10.0 Å². The first kappa shape index (κ1) is 12.7. The maximum Gasteiger partial charge on any atom is 0.320 e. The van der Waals surface area contributed by atoms with E-state index in [0.29, 0.717) is 6.42 Å². The van der Waals surface area contributed by atoms with E-state index in [0.717, 1.165) is 5.82 Å². The molecule has 0 saturated carbocycles. The number of carboxylic acid groups (broad SMARTS) is 1. The number of aryl methyl sites for hydroxylation is 1. The Morgan fingerprint density at radius 2 is 2.31 bits per heavy atom. The first-order valence-corrected chi connectivity index (χ1v) is 6.21. The molecular formula is C8H13N3O4S. The number of aromatic nitrogens is 2. The van der Waals surface area contributed by atoms with Crippen molar-refractivity contribution in [2.24, 2.45) is 7.05 Å². The normalized spacial score (nSPS) is 11.6. The monoisotopic (exact) mass is 247 g/mol. The zero-order chi connectivity index (χ0) is 12.2. The predicted octanol–water partition coefficient (Wildman–Crippen LogP) is -1.03. The zero-order valence-electron chi connectivity index (χ0n) is 8.75. The van der Waals surface area contributed by atoms with Gasteiger partial charge in [-0.1, -0.05) is 0 Å². The number of rotatable bonds is 6. The van der Waals surface area contributed by atoms with E-state index in [4.69, 9.17) is 5.11 Å². The molecule has 0 bridgehead atoms. The molecule has 8 heteroatoms. The fraction of sp³-hybridized carbons (Fsp3) is 0.500. The Bertz CT molecular complexity index is 465. The maximum absolute atomic E-state index is 11.1. The molecule has 1 heterocycles. The Hall–Kier alpha value is -1.41. The lowest BCUT2D eigenvalue weighted by Gasteiger charge is -2.04. The van der Waals surface area contributed by atoms with Crippen molar-refractivity contribution in [3.05, 3.63) is 18.2 Å². The molecule has 0 aromatic carbocycles. The molecule has 1 aromatic heterocycles. The third-order valence-electron chi connectivity index (χ3n) is 1.91. The molecule has 16 heavy (non-hydrogen) atoms. The van der Waals surface area contributed by atoms with E-state index in [1.165, 1.54) is 0 Å². The van der Waals surface area contributed by atoms with E-state index in [9.17, 15) is 13.2 Å². The van der Waals surface area contributed by atoms with Crippen molar-refractivity contribution in [1.29, 1.82) is 0 Å². The second kappa shape index (κ2) is 5.08. The largest absolute Gasteiger partial charge is 0.480 e. The van der Waals surface area contributed by atoms with Gasteiger partial charge in [0.25, 0.3) is 0 Å². The summed E-state index contributed by atoms with van der Waals surface area (Å²) in [6, 6.07) is 0. The molecular weight excluding hydrogens is 234 g/mol. The highest BCUT2D eigenvalue weighted by Gasteiger charge is 2.14. The molecule has 1 aromatic rings. The van der Waals surface area contributed by atoms with E-state index in [2.05, 4.69) is 9.71 Å². The van der Waals surface area contributed by atoms with Crippen LogP contribution in [-0.2, 0) is 28.3 Å². The summed E-state index contributed by atoms with van der Waals surface area (Å²) in [5.74, 6) is -1.55. The van der Waals surface area contributed by atoms with Crippen LogP contribution in [0, 0.1) is 0 Å². The Morgan fingerprint density at radius 1 is 1.62 bits per heavy atom. The molecule has 0 aliphatic carbocycles. The van der Waals surface area contributed by atoms with Crippen LogP contribution in [0.5, 0.6) is 0 Å². The lowest BCUT2D eigenvalue weighted by molar-refractivity contribution is -0.134. The summed E-state index contributed by atoms with van der Waals surface area (Å²) in [5, 5.41) is 8.34. The van der Waals surface area contributed by atoms with Crippen molar-refractivity contribution in [3.63, 3.8) is 0 Å². The van der Waals surface area contributed by atoms with Crippen LogP contribution in [0.3, 0.4) is 0 Å². The third-order valence-corrected chi connectivity index (χ3v) is 3.18. The van der Waals surface area contributed by atoms with Gasteiger partial charge < -0.3 is 9.67 Å². The number of hydrogen-bond donors (Lipinski definition) is 2. The van der Waals surface area contributed by atoms with Crippen LogP contribution in [0.4, 0.5) is 0 Å². The van der Waals surface area contributed by atoms with E-state index in [1.54, 1.807) is 24.0 Å². The molecule has 0 unspecified atom stereocenters. The second-order valence-corrected chi connectivity index (χ2v) is 5.06. The number of nitrogens with one attached hydrogen (secondary N) is 1. The fourth-order valence-electron chi connectivity index (χ4n) is 1.17. The summed E-state index contributed by atoms with van der Waals surface area (Å²) in [4.78, 5) is 14.2. The van der Waals surface area contributed by atoms with Gasteiger partial charge in [0.1, 0.15) is 5.82 Å². The topological polar surface area (TPSA) is 101 Å². The number of carbonyl (C=O) groups is 1. The first-order valence-electron chi connectivity index (χ1n) is 4.56. The van der Waals surface area contributed by atoms with E-state index in [1.807, 2.05) is 0 Å². The smallest absolute Gasteiger partial charge is 0.320 e. The SMILES string of the molecule is Cn1ccnc1CCNS(=O)(=O)CC(=O)O. The van der Waals surface area contributed by atoms with Gasteiger partial charge in [-0.3, -0.25) is 4.79 Å². The summed E-state index contributed by atoms with van der Waals surface area (Å²) < 4.78 is 26.2. The minimum atomic E-state index is -3.73. The molecule has 0 saturated heterocycles.